The molecule has 9 nitrogen and oxygen atoms in total. The first-order chi connectivity index (χ1) is 12.6. The maximum atomic E-state index is 13.3. The summed E-state index contributed by atoms with van der Waals surface area (Å²) in [6.45, 7) is -0.821. The van der Waals surface area contributed by atoms with E-state index >= 15 is 0 Å². The zero-order valence-corrected chi connectivity index (χ0v) is 13.9. The minimum Gasteiger partial charge on any atom is -0.466 e. The van der Waals surface area contributed by atoms with E-state index in [9.17, 15) is 32.9 Å². The lowest BCUT2D eigenvalue weighted by Crippen LogP contribution is -2.31. The first-order valence-corrected chi connectivity index (χ1v) is 7.44. The van der Waals surface area contributed by atoms with Gasteiger partial charge < -0.3 is 20.1 Å². The predicted molar refractivity (Wildman–Crippen MR) is 84.4 cm³/mol. The fourth-order valence-corrected chi connectivity index (χ4v) is 2.47. The zero-order valence-electron chi connectivity index (χ0n) is 13.9. The van der Waals surface area contributed by atoms with Gasteiger partial charge in [-0.1, -0.05) is 0 Å². The maximum Gasteiger partial charge on any atom is 0.418 e. The average Bonchev–Trinajstić information content (AvgIpc) is 2.90. The Morgan fingerprint density at radius 1 is 1.44 bits per heavy atom. The number of nitrogens with zero attached hydrogens (tertiary/aromatic N) is 2. The first-order valence-electron chi connectivity index (χ1n) is 7.44. The average molecular weight is 389 g/mol. The van der Waals surface area contributed by atoms with Crippen LogP contribution in [0.25, 0.3) is 0 Å². The SMILES string of the molecule is COC(=O)C1=C(Nc2ccc([N+](=O)[O-])cc2C(F)(F)F)C(=O)N(CCO)C1. The molecule has 12 heteroatoms. The number of hydrogen-bond donors (Lipinski definition) is 2. The molecular formula is C15H14F3N3O6. The number of carbonyl (C=O) groups is 2. The molecule has 0 aliphatic carbocycles. The lowest BCUT2D eigenvalue weighted by molar-refractivity contribution is -0.385. The summed E-state index contributed by atoms with van der Waals surface area (Å²) in [4.78, 5) is 35.0. The van der Waals surface area contributed by atoms with Crippen LogP contribution in [0.3, 0.4) is 0 Å². The van der Waals surface area contributed by atoms with Crippen LogP contribution in [0.1, 0.15) is 5.56 Å². The van der Waals surface area contributed by atoms with E-state index in [2.05, 4.69) is 10.1 Å². The number of halogens is 3. The maximum absolute atomic E-state index is 13.3. The normalized spacial score (nSPS) is 14.6. The lowest BCUT2D eigenvalue weighted by atomic mass is 10.1. The molecule has 1 aromatic carbocycles. The van der Waals surface area contributed by atoms with Crippen molar-refractivity contribution in [3.8, 4) is 0 Å². The third-order valence-electron chi connectivity index (χ3n) is 3.73. The Hall–Kier alpha value is -3.15. The summed E-state index contributed by atoms with van der Waals surface area (Å²) in [6.07, 6.45) is -4.95. The number of esters is 1. The number of carbonyl (C=O) groups excluding carboxylic acids is 2. The van der Waals surface area contributed by atoms with Gasteiger partial charge in [-0.3, -0.25) is 14.9 Å². The number of anilines is 1. The largest absolute Gasteiger partial charge is 0.466 e. The van der Waals surface area contributed by atoms with Gasteiger partial charge in [0.25, 0.3) is 11.6 Å². The van der Waals surface area contributed by atoms with Crippen LogP contribution in [0.4, 0.5) is 24.5 Å². The summed E-state index contributed by atoms with van der Waals surface area (Å²) in [5.74, 6) is -1.74. The minimum atomic E-state index is -4.95. The molecule has 2 rings (SSSR count). The van der Waals surface area contributed by atoms with Crippen LogP contribution < -0.4 is 5.32 Å². The van der Waals surface area contributed by atoms with Gasteiger partial charge in [0.15, 0.2) is 0 Å². The number of amides is 1. The Kier molecular flexibility index (Phi) is 5.69. The Morgan fingerprint density at radius 2 is 2.11 bits per heavy atom. The van der Waals surface area contributed by atoms with Gasteiger partial charge in [-0.25, -0.2) is 4.79 Å². The molecule has 0 spiro atoms. The van der Waals surface area contributed by atoms with Crippen LogP contribution in [0.5, 0.6) is 0 Å². The van der Waals surface area contributed by atoms with E-state index in [4.69, 9.17) is 5.11 Å². The number of aliphatic hydroxyl groups is 1. The second-order valence-electron chi connectivity index (χ2n) is 5.41. The summed E-state index contributed by atoms with van der Waals surface area (Å²) in [5.41, 5.74) is -3.46. The molecule has 1 aromatic rings. The molecule has 0 radical (unpaired) electrons. The third kappa shape index (κ3) is 4.16. The number of nitro benzene ring substituents is 1. The highest BCUT2D eigenvalue weighted by atomic mass is 19.4. The molecule has 1 aliphatic heterocycles. The van der Waals surface area contributed by atoms with E-state index in [0.717, 1.165) is 24.1 Å². The second kappa shape index (κ2) is 7.61. The molecule has 27 heavy (non-hydrogen) atoms. The van der Waals surface area contributed by atoms with E-state index in [1.807, 2.05) is 0 Å². The van der Waals surface area contributed by atoms with E-state index in [-0.39, 0.29) is 18.7 Å². The Labute approximate surface area is 150 Å². The summed E-state index contributed by atoms with van der Waals surface area (Å²) in [6, 6.07) is 1.96. The minimum absolute atomic E-state index is 0.142. The van der Waals surface area contributed by atoms with Crippen molar-refractivity contribution in [2.24, 2.45) is 0 Å². The molecule has 1 amide bonds. The highest BCUT2D eigenvalue weighted by Crippen LogP contribution is 2.38. The third-order valence-corrected chi connectivity index (χ3v) is 3.73. The molecule has 0 atom stereocenters. The molecule has 0 fully saturated rings. The van der Waals surface area contributed by atoms with Gasteiger partial charge in [0.1, 0.15) is 5.70 Å². The number of rotatable bonds is 6. The van der Waals surface area contributed by atoms with Crippen molar-refractivity contribution in [1.82, 2.24) is 4.90 Å². The Morgan fingerprint density at radius 3 is 2.63 bits per heavy atom. The monoisotopic (exact) mass is 389 g/mol. The van der Waals surface area contributed by atoms with Crippen molar-refractivity contribution in [1.29, 1.82) is 0 Å². The fraction of sp³-hybridized carbons (Fsp3) is 0.333. The molecule has 0 aromatic heterocycles. The molecule has 1 heterocycles. The lowest BCUT2D eigenvalue weighted by Gasteiger charge is -2.17. The van der Waals surface area contributed by atoms with Crippen LogP contribution in [0, 0.1) is 10.1 Å². The number of non-ortho nitro benzene ring substituents is 1. The molecular weight excluding hydrogens is 375 g/mol. The van der Waals surface area contributed by atoms with Crippen LogP contribution in [0.2, 0.25) is 0 Å². The number of methoxy groups -OCH3 is 1. The van der Waals surface area contributed by atoms with E-state index in [0.29, 0.717) is 6.07 Å². The number of hydrogen-bond acceptors (Lipinski definition) is 7. The molecule has 0 saturated carbocycles. The van der Waals surface area contributed by atoms with Crippen molar-refractivity contribution in [3.63, 3.8) is 0 Å². The van der Waals surface area contributed by atoms with Gasteiger partial charge in [0.05, 0.1) is 42.0 Å². The predicted octanol–water partition coefficient (Wildman–Crippen LogP) is 1.29. The summed E-state index contributed by atoms with van der Waals surface area (Å²) in [5, 5.41) is 22.0. The molecule has 2 N–H and O–H groups in total. The number of alkyl halides is 3. The van der Waals surface area contributed by atoms with E-state index < -0.39 is 52.2 Å². The number of ether oxygens (including phenoxy) is 1. The van der Waals surface area contributed by atoms with E-state index in [1.54, 1.807) is 0 Å². The Bertz CT molecular complexity index is 822. The number of β-amino-alcohol motifs (C(OH)–C–C–N with tert-alkyl or cyclic N) is 1. The smallest absolute Gasteiger partial charge is 0.418 e. The van der Waals surface area contributed by atoms with Gasteiger partial charge in [-0.05, 0) is 6.07 Å². The van der Waals surface area contributed by atoms with Crippen LogP contribution in [-0.2, 0) is 20.5 Å². The number of benzene rings is 1. The Balaban J connectivity index is 2.50. The van der Waals surface area contributed by atoms with Crippen molar-refractivity contribution in [2.45, 2.75) is 6.18 Å². The standard InChI is InChI=1S/C15H14F3N3O6/c1-27-14(24)9-7-20(4-5-22)13(23)12(9)19-11-3-2-8(21(25)26)6-10(11)15(16,17)18/h2-3,6,19,22H,4-5,7H2,1H3. The highest BCUT2D eigenvalue weighted by Gasteiger charge is 2.38. The van der Waals surface area contributed by atoms with Gasteiger partial charge in [0, 0.05) is 18.7 Å². The van der Waals surface area contributed by atoms with Crippen LogP contribution >= 0.6 is 0 Å². The van der Waals surface area contributed by atoms with Gasteiger partial charge in [-0.2, -0.15) is 13.2 Å². The van der Waals surface area contributed by atoms with Crippen molar-refractivity contribution in [3.05, 3.63) is 45.1 Å². The number of nitrogens with one attached hydrogen (secondary N) is 1. The zero-order chi connectivity index (χ0) is 20.4. The summed E-state index contributed by atoms with van der Waals surface area (Å²) in [7, 11) is 1.04. The number of nitro groups is 1. The molecule has 0 unspecified atom stereocenters. The quantitative estimate of drug-likeness (QED) is 0.427. The van der Waals surface area contributed by atoms with Crippen molar-refractivity contribution in [2.75, 3.05) is 32.1 Å². The van der Waals surface area contributed by atoms with Crippen molar-refractivity contribution < 1.29 is 37.5 Å². The van der Waals surface area contributed by atoms with Crippen LogP contribution in [-0.4, -0.2) is 53.6 Å². The molecule has 0 bridgehead atoms. The first kappa shape index (κ1) is 20.2. The van der Waals surface area contributed by atoms with Crippen LogP contribution in [0.15, 0.2) is 29.5 Å². The fourth-order valence-electron chi connectivity index (χ4n) is 2.47. The second-order valence-corrected chi connectivity index (χ2v) is 5.41. The molecule has 1 aliphatic rings. The van der Waals surface area contributed by atoms with Gasteiger partial charge in [0.2, 0.25) is 0 Å². The van der Waals surface area contributed by atoms with Crippen molar-refractivity contribution >= 4 is 23.3 Å². The molecule has 0 saturated heterocycles. The van der Waals surface area contributed by atoms with Gasteiger partial charge in [-0.15, -0.1) is 0 Å². The topological polar surface area (TPSA) is 122 Å². The molecule has 146 valence electrons. The van der Waals surface area contributed by atoms with E-state index in [1.165, 1.54) is 0 Å². The highest BCUT2D eigenvalue weighted by molar-refractivity contribution is 6.08. The number of aliphatic hydroxyl groups excluding tert-OH is 1. The van der Waals surface area contributed by atoms with Gasteiger partial charge >= 0.3 is 12.1 Å². The summed E-state index contributed by atoms with van der Waals surface area (Å²) < 4.78 is 44.4. The summed E-state index contributed by atoms with van der Waals surface area (Å²) >= 11 is 0.